The first-order valence-electron chi connectivity index (χ1n) is 9.35. The van der Waals surface area contributed by atoms with Gasteiger partial charge in [-0.25, -0.2) is 0 Å². The Balaban J connectivity index is 1.57. The molecule has 28 heavy (non-hydrogen) atoms. The first-order chi connectivity index (χ1) is 13.6. The van der Waals surface area contributed by atoms with E-state index in [0.29, 0.717) is 31.8 Å². The summed E-state index contributed by atoms with van der Waals surface area (Å²) >= 11 is 0. The minimum atomic E-state index is -0.752. The molecule has 7 nitrogen and oxygen atoms in total. The Kier molecular flexibility index (Phi) is 5.11. The van der Waals surface area contributed by atoms with E-state index in [9.17, 15) is 9.59 Å². The summed E-state index contributed by atoms with van der Waals surface area (Å²) in [6, 6.07) is 13.0. The van der Waals surface area contributed by atoms with Crippen molar-refractivity contribution in [3.05, 3.63) is 59.9 Å². The Morgan fingerprint density at radius 1 is 1.18 bits per heavy atom. The van der Waals surface area contributed by atoms with Gasteiger partial charge in [-0.1, -0.05) is 18.2 Å². The van der Waals surface area contributed by atoms with Gasteiger partial charge in [0.1, 0.15) is 12.2 Å². The maximum atomic E-state index is 13.0. The number of benzene rings is 1. The molecule has 0 bridgehead atoms. The van der Waals surface area contributed by atoms with E-state index in [-0.39, 0.29) is 25.0 Å². The number of carbonyl (C=O) groups excluding carboxylic acids is 2. The zero-order valence-corrected chi connectivity index (χ0v) is 15.8. The number of carbonyl (C=O) groups is 2. The number of nitrogens with zero attached hydrogens (tertiary/aromatic N) is 3. The molecule has 0 radical (unpaired) electrons. The molecule has 4 rings (SSSR count). The fourth-order valence-electron chi connectivity index (χ4n) is 3.73. The maximum Gasteiger partial charge on any atom is 0.254 e. The van der Waals surface area contributed by atoms with Gasteiger partial charge in [-0.2, -0.15) is 0 Å². The summed E-state index contributed by atoms with van der Waals surface area (Å²) in [6.45, 7) is 3.73. The van der Waals surface area contributed by atoms with Gasteiger partial charge in [0.05, 0.1) is 26.3 Å². The predicted octanol–water partition coefficient (Wildman–Crippen LogP) is 1.66. The highest BCUT2D eigenvalue weighted by atomic mass is 16.5. The third-order valence-electron chi connectivity index (χ3n) is 5.09. The fraction of sp³-hybridized carbons (Fsp3) is 0.381. The second-order valence-corrected chi connectivity index (χ2v) is 7.25. The van der Waals surface area contributed by atoms with Crippen LogP contribution in [0.25, 0.3) is 0 Å². The highest BCUT2D eigenvalue weighted by molar-refractivity contribution is 5.95. The van der Waals surface area contributed by atoms with E-state index < -0.39 is 5.60 Å². The van der Waals surface area contributed by atoms with Crippen LogP contribution in [0.2, 0.25) is 0 Å². The number of aromatic nitrogens is 1. The second-order valence-electron chi connectivity index (χ2n) is 7.25. The average molecular weight is 381 g/mol. The molecule has 0 N–H and O–H groups in total. The Labute approximate surface area is 163 Å². The van der Waals surface area contributed by atoms with Crippen molar-refractivity contribution in [2.24, 2.45) is 0 Å². The summed E-state index contributed by atoms with van der Waals surface area (Å²) in [5.41, 5.74) is 1.45. The van der Waals surface area contributed by atoms with Crippen LogP contribution in [-0.2, 0) is 14.3 Å². The first-order valence-corrected chi connectivity index (χ1v) is 9.35. The minimum Gasteiger partial charge on any atom is -0.368 e. The van der Waals surface area contributed by atoms with Crippen LogP contribution in [0.4, 0.5) is 5.69 Å². The standard InChI is InChI=1S/C21H23N3O4/c1-16-11-17(7-8-22-16)20(26)23-9-10-28-21(13-23)14-24(19(25)12-27-15-21)18-5-3-2-4-6-18/h2-8,11H,9-10,12-15H2,1H3. The number of hydrogen-bond donors (Lipinski definition) is 0. The monoisotopic (exact) mass is 381 g/mol. The molecule has 2 fully saturated rings. The van der Waals surface area contributed by atoms with E-state index in [1.54, 1.807) is 28.1 Å². The highest BCUT2D eigenvalue weighted by Gasteiger charge is 2.43. The van der Waals surface area contributed by atoms with E-state index in [4.69, 9.17) is 9.47 Å². The molecular formula is C21H23N3O4. The van der Waals surface area contributed by atoms with E-state index in [2.05, 4.69) is 4.98 Å². The summed E-state index contributed by atoms with van der Waals surface area (Å²) in [6.07, 6.45) is 1.64. The van der Waals surface area contributed by atoms with E-state index >= 15 is 0 Å². The lowest BCUT2D eigenvalue weighted by Crippen LogP contribution is -2.60. The molecule has 2 aliphatic heterocycles. The van der Waals surface area contributed by atoms with Crippen molar-refractivity contribution in [2.45, 2.75) is 12.5 Å². The Morgan fingerprint density at radius 2 is 2.00 bits per heavy atom. The van der Waals surface area contributed by atoms with Crippen LogP contribution in [-0.4, -0.2) is 66.8 Å². The molecule has 2 aliphatic rings. The van der Waals surface area contributed by atoms with Crippen molar-refractivity contribution < 1.29 is 19.1 Å². The lowest BCUT2D eigenvalue weighted by Gasteiger charge is -2.43. The van der Waals surface area contributed by atoms with Crippen molar-refractivity contribution in [1.29, 1.82) is 0 Å². The zero-order valence-electron chi connectivity index (χ0n) is 15.8. The molecule has 1 aromatic carbocycles. The van der Waals surface area contributed by atoms with Gasteiger partial charge in [0.15, 0.2) is 0 Å². The SMILES string of the molecule is Cc1cc(C(=O)N2CCOC3(COCC(=O)N(c4ccccc4)C3)C2)ccn1. The number of aryl methyl sites for hydroxylation is 1. The minimum absolute atomic E-state index is 0.00248. The molecule has 146 valence electrons. The van der Waals surface area contributed by atoms with Gasteiger partial charge in [0.2, 0.25) is 0 Å². The lowest BCUT2D eigenvalue weighted by molar-refractivity contribution is -0.128. The van der Waals surface area contributed by atoms with Crippen molar-refractivity contribution in [1.82, 2.24) is 9.88 Å². The van der Waals surface area contributed by atoms with Crippen molar-refractivity contribution in [2.75, 3.05) is 44.4 Å². The van der Waals surface area contributed by atoms with Gasteiger partial charge < -0.3 is 19.3 Å². The molecule has 1 unspecified atom stereocenters. The van der Waals surface area contributed by atoms with Crippen LogP contribution in [0.5, 0.6) is 0 Å². The summed E-state index contributed by atoms with van der Waals surface area (Å²) in [5, 5.41) is 0. The van der Waals surface area contributed by atoms with E-state index in [1.807, 2.05) is 37.3 Å². The first kappa shape index (κ1) is 18.6. The normalized spacial score (nSPS) is 23.0. The highest BCUT2D eigenvalue weighted by Crippen LogP contribution is 2.27. The zero-order chi connectivity index (χ0) is 19.6. The number of morpholine rings is 1. The third kappa shape index (κ3) is 3.76. The number of ether oxygens (including phenoxy) is 2. The third-order valence-corrected chi connectivity index (χ3v) is 5.09. The predicted molar refractivity (Wildman–Crippen MR) is 103 cm³/mol. The summed E-state index contributed by atoms with van der Waals surface area (Å²) < 4.78 is 11.7. The maximum absolute atomic E-state index is 13.0. The quantitative estimate of drug-likeness (QED) is 0.791. The van der Waals surface area contributed by atoms with Gasteiger partial charge in [-0.3, -0.25) is 14.6 Å². The summed E-state index contributed by atoms with van der Waals surface area (Å²) in [7, 11) is 0. The number of rotatable bonds is 2. The molecule has 1 aromatic heterocycles. The van der Waals surface area contributed by atoms with E-state index in [1.165, 1.54) is 0 Å². The molecule has 3 heterocycles. The van der Waals surface area contributed by atoms with Gasteiger partial charge >= 0.3 is 0 Å². The number of amides is 2. The molecule has 2 aromatic rings. The fourth-order valence-corrected chi connectivity index (χ4v) is 3.73. The topological polar surface area (TPSA) is 72.0 Å². The number of pyridine rings is 1. The Morgan fingerprint density at radius 3 is 2.79 bits per heavy atom. The van der Waals surface area contributed by atoms with Crippen LogP contribution in [0, 0.1) is 6.92 Å². The van der Waals surface area contributed by atoms with Gasteiger partial charge in [-0.05, 0) is 31.2 Å². The smallest absolute Gasteiger partial charge is 0.254 e. The van der Waals surface area contributed by atoms with Crippen molar-refractivity contribution in [3.63, 3.8) is 0 Å². The van der Waals surface area contributed by atoms with Crippen LogP contribution < -0.4 is 4.90 Å². The molecule has 0 aliphatic carbocycles. The number of para-hydroxylation sites is 1. The van der Waals surface area contributed by atoms with Crippen molar-refractivity contribution >= 4 is 17.5 Å². The van der Waals surface area contributed by atoms with Gasteiger partial charge in [-0.15, -0.1) is 0 Å². The van der Waals surface area contributed by atoms with Crippen LogP contribution in [0.1, 0.15) is 16.1 Å². The second kappa shape index (κ2) is 7.69. The molecular weight excluding hydrogens is 358 g/mol. The molecule has 7 heteroatoms. The van der Waals surface area contributed by atoms with Crippen molar-refractivity contribution in [3.8, 4) is 0 Å². The van der Waals surface area contributed by atoms with Crippen LogP contribution in [0.15, 0.2) is 48.7 Å². The Hall–Kier alpha value is -2.77. The molecule has 1 spiro atoms. The number of hydrogen-bond acceptors (Lipinski definition) is 5. The molecule has 2 amide bonds. The average Bonchev–Trinajstić information content (AvgIpc) is 2.87. The van der Waals surface area contributed by atoms with Crippen LogP contribution >= 0.6 is 0 Å². The summed E-state index contributed by atoms with van der Waals surface area (Å²) in [4.78, 5) is 33.2. The van der Waals surface area contributed by atoms with Crippen LogP contribution in [0.3, 0.4) is 0 Å². The summed E-state index contributed by atoms with van der Waals surface area (Å²) in [5.74, 6) is -0.171. The van der Waals surface area contributed by atoms with E-state index in [0.717, 1.165) is 11.4 Å². The largest absolute Gasteiger partial charge is 0.368 e. The molecule has 2 saturated heterocycles. The number of anilines is 1. The molecule has 1 atom stereocenters. The lowest BCUT2D eigenvalue weighted by atomic mass is 10.0. The molecule has 0 saturated carbocycles. The van der Waals surface area contributed by atoms with Gasteiger partial charge in [0.25, 0.3) is 11.8 Å². The Bertz CT molecular complexity index is 873. The van der Waals surface area contributed by atoms with Gasteiger partial charge in [0, 0.05) is 29.7 Å².